The van der Waals surface area contributed by atoms with Crippen LogP contribution in [0.25, 0.3) is 0 Å². The van der Waals surface area contributed by atoms with Crippen LogP contribution in [0.2, 0.25) is 0 Å². The van der Waals surface area contributed by atoms with E-state index in [1.165, 1.54) is 50.4 Å². The third-order valence-corrected chi connectivity index (χ3v) is 7.83. The first-order valence-corrected chi connectivity index (χ1v) is 12.7. The van der Waals surface area contributed by atoms with Crippen LogP contribution in [-0.4, -0.2) is 92.7 Å². The van der Waals surface area contributed by atoms with E-state index in [-0.39, 0.29) is 0 Å². The molecule has 0 saturated carbocycles. The molecule has 1 aromatic rings. The van der Waals surface area contributed by atoms with Crippen molar-refractivity contribution >= 4 is 17.3 Å². The van der Waals surface area contributed by atoms with Gasteiger partial charge in [0, 0.05) is 57.2 Å². The number of nitrogens with one attached hydrogen (secondary N) is 2. The minimum absolute atomic E-state index is 0.426. The highest BCUT2D eigenvalue weighted by atomic mass is 32.1. The average Bonchev–Trinajstić information content (AvgIpc) is 3.31. The van der Waals surface area contributed by atoms with Gasteiger partial charge < -0.3 is 15.5 Å². The van der Waals surface area contributed by atoms with Crippen molar-refractivity contribution in [3.63, 3.8) is 0 Å². The molecule has 30 heavy (non-hydrogen) atoms. The summed E-state index contributed by atoms with van der Waals surface area (Å²) in [5, 5.41) is 9.39. The minimum Gasteiger partial charge on any atom is -0.355 e. The van der Waals surface area contributed by atoms with E-state index in [0.717, 1.165) is 38.1 Å². The number of thiophene rings is 1. The summed E-state index contributed by atoms with van der Waals surface area (Å²) in [6, 6.07) is 5.39. The molecule has 7 heteroatoms. The minimum atomic E-state index is 0.426. The van der Waals surface area contributed by atoms with Crippen molar-refractivity contribution in [2.24, 2.45) is 10.9 Å². The van der Waals surface area contributed by atoms with Gasteiger partial charge in [-0.05, 0) is 56.8 Å². The number of aliphatic imine (C=N–C) groups is 1. The van der Waals surface area contributed by atoms with Gasteiger partial charge in [0.2, 0.25) is 0 Å². The molecule has 3 rings (SSSR count). The number of hydrogen-bond donors (Lipinski definition) is 2. The van der Waals surface area contributed by atoms with Crippen LogP contribution in [0.4, 0.5) is 0 Å². The first-order chi connectivity index (χ1) is 14.6. The predicted octanol–water partition coefficient (Wildman–Crippen LogP) is 2.71. The molecule has 3 heterocycles. The Morgan fingerprint density at radius 3 is 2.40 bits per heavy atom. The van der Waals surface area contributed by atoms with Gasteiger partial charge in [-0.25, -0.2) is 0 Å². The smallest absolute Gasteiger partial charge is 0.191 e. The van der Waals surface area contributed by atoms with Crippen LogP contribution in [0.3, 0.4) is 0 Å². The van der Waals surface area contributed by atoms with E-state index in [1.54, 1.807) is 0 Å². The number of guanidine groups is 1. The quantitative estimate of drug-likeness (QED) is 0.487. The molecule has 1 aromatic heterocycles. The highest BCUT2D eigenvalue weighted by Gasteiger charge is 2.26. The largest absolute Gasteiger partial charge is 0.355 e. The Balaban J connectivity index is 1.48. The van der Waals surface area contributed by atoms with Crippen molar-refractivity contribution in [1.29, 1.82) is 0 Å². The number of hydrogen-bond acceptors (Lipinski definition) is 5. The van der Waals surface area contributed by atoms with Crippen LogP contribution in [0.15, 0.2) is 22.5 Å². The van der Waals surface area contributed by atoms with Gasteiger partial charge in [-0.15, -0.1) is 11.3 Å². The van der Waals surface area contributed by atoms with Crippen molar-refractivity contribution < 1.29 is 0 Å². The van der Waals surface area contributed by atoms with Crippen LogP contribution in [0.1, 0.15) is 44.5 Å². The lowest BCUT2D eigenvalue weighted by Crippen LogP contribution is -2.53. The fourth-order valence-corrected chi connectivity index (χ4v) is 5.40. The molecule has 0 aromatic carbocycles. The van der Waals surface area contributed by atoms with Gasteiger partial charge in [-0.3, -0.25) is 14.8 Å². The second-order valence-corrected chi connectivity index (χ2v) is 9.88. The van der Waals surface area contributed by atoms with Gasteiger partial charge in [0.25, 0.3) is 0 Å². The molecule has 2 saturated heterocycles. The highest BCUT2D eigenvalue weighted by Crippen LogP contribution is 2.29. The molecular weight excluding hydrogens is 392 g/mol. The first kappa shape index (κ1) is 23.5. The number of piperidine rings is 1. The Labute approximate surface area is 187 Å². The average molecular weight is 435 g/mol. The molecule has 0 spiro atoms. The van der Waals surface area contributed by atoms with E-state index in [4.69, 9.17) is 0 Å². The molecule has 0 radical (unpaired) electrons. The van der Waals surface area contributed by atoms with E-state index in [1.807, 2.05) is 18.4 Å². The molecule has 170 valence electrons. The molecule has 2 N–H and O–H groups in total. The monoisotopic (exact) mass is 434 g/mol. The van der Waals surface area contributed by atoms with Gasteiger partial charge in [0.1, 0.15) is 0 Å². The molecule has 6 nitrogen and oxygen atoms in total. The van der Waals surface area contributed by atoms with E-state index >= 15 is 0 Å². The maximum Gasteiger partial charge on any atom is 0.191 e. The maximum absolute atomic E-state index is 4.49. The summed E-state index contributed by atoms with van der Waals surface area (Å²) in [4.78, 5) is 13.7. The Kier molecular flexibility index (Phi) is 9.43. The van der Waals surface area contributed by atoms with Crippen molar-refractivity contribution in [2.45, 2.75) is 45.7 Å². The summed E-state index contributed by atoms with van der Waals surface area (Å²) in [6.45, 7) is 17.0. The molecule has 2 unspecified atom stereocenters. The zero-order valence-corrected chi connectivity index (χ0v) is 20.3. The van der Waals surface area contributed by atoms with Crippen molar-refractivity contribution in [3.05, 3.63) is 22.4 Å². The molecule has 2 aliphatic heterocycles. The van der Waals surface area contributed by atoms with Crippen LogP contribution >= 0.6 is 11.3 Å². The van der Waals surface area contributed by atoms with E-state index < -0.39 is 0 Å². The first-order valence-electron chi connectivity index (χ1n) is 11.8. The molecule has 2 fully saturated rings. The van der Waals surface area contributed by atoms with Crippen LogP contribution in [-0.2, 0) is 0 Å². The third kappa shape index (κ3) is 6.67. The van der Waals surface area contributed by atoms with Crippen LogP contribution in [0, 0.1) is 5.92 Å². The standard InChI is InChI=1S/C23H42N6S/c1-5-27-12-14-28(15-13-27)20(3)17-25-23(24-4)26-18-21(22-7-6-16-30-22)29-10-8-19(2)9-11-29/h6-7,16,19-21H,5,8-15,17-18H2,1-4H3,(H2,24,25,26). The maximum atomic E-state index is 4.49. The van der Waals surface area contributed by atoms with E-state index in [9.17, 15) is 0 Å². The van der Waals surface area contributed by atoms with E-state index in [0.29, 0.717) is 12.1 Å². The summed E-state index contributed by atoms with van der Waals surface area (Å²) >= 11 is 1.87. The van der Waals surface area contributed by atoms with Gasteiger partial charge in [0.05, 0.1) is 6.04 Å². The molecular formula is C23H42N6S. The molecule has 0 bridgehead atoms. The number of nitrogens with zero attached hydrogens (tertiary/aromatic N) is 4. The molecule has 0 aliphatic carbocycles. The summed E-state index contributed by atoms with van der Waals surface area (Å²) in [5.74, 6) is 1.77. The Hall–Kier alpha value is -1.15. The SMILES string of the molecule is CCN1CCN(C(C)CNC(=NC)NCC(c2cccs2)N2CCC(C)CC2)CC1. The van der Waals surface area contributed by atoms with Gasteiger partial charge in [-0.2, -0.15) is 0 Å². The number of piperazine rings is 1. The normalized spacial score (nSPS) is 22.7. The van der Waals surface area contributed by atoms with Crippen molar-refractivity contribution in [1.82, 2.24) is 25.3 Å². The topological polar surface area (TPSA) is 46.1 Å². The lowest BCUT2D eigenvalue weighted by Gasteiger charge is -2.38. The summed E-state index contributed by atoms with van der Waals surface area (Å²) < 4.78 is 0. The second-order valence-electron chi connectivity index (χ2n) is 8.90. The summed E-state index contributed by atoms with van der Waals surface area (Å²) in [7, 11) is 1.88. The summed E-state index contributed by atoms with van der Waals surface area (Å²) in [6.07, 6.45) is 2.61. The number of likely N-dealkylation sites (N-methyl/N-ethyl adjacent to an activating group) is 1. The zero-order chi connectivity index (χ0) is 21.3. The molecule has 0 amide bonds. The number of rotatable bonds is 8. The second kappa shape index (κ2) is 12.0. The zero-order valence-electron chi connectivity index (χ0n) is 19.4. The Morgan fingerprint density at radius 2 is 1.80 bits per heavy atom. The van der Waals surface area contributed by atoms with Gasteiger partial charge in [-0.1, -0.05) is 19.9 Å². The Bertz CT molecular complexity index is 618. The molecule has 2 atom stereocenters. The van der Waals surface area contributed by atoms with E-state index in [2.05, 4.69) is 68.6 Å². The lowest BCUT2D eigenvalue weighted by molar-refractivity contribution is 0.107. The predicted molar refractivity (Wildman–Crippen MR) is 130 cm³/mol. The van der Waals surface area contributed by atoms with Crippen LogP contribution in [0.5, 0.6) is 0 Å². The fraction of sp³-hybridized carbons (Fsp3) is 0.783. The number of likely N-dealkylation sites (tertiary alicyclic amines) is 1. The third-order valence-electron chi connectivity index (χ3n) is 6.86. The Morgan fingerprint density at radius 1 is 1.10 bits per heavy atom. The van der Waals surface area contributed by atoms with Crippen molar-refractivity contribution in [3.8, 4) is 0 Å². The van der Waals surface area contributed by atoms with Gasteiger partial charge >= 0.3 is 0 Å². The van der Waals surface area contributed by atoms with Crippen LogP contribution < -0.4 is 10.6 Å². The highest BCUT2D eigenvalue weighted by molar-refractivity contribution is 7.10. The summed E-state index contributed by atoms with van der Waals surface area (Å²) in [5.41, 5.74) is 0. The van der Waals surface area contributed by atoms with Gasteiger partial charge in [0.15, 0.2) is 5.96 Å². The van der Waals surface area contributed by atoms with Crippen molar-refractivity contribution in [2.75, 3.05) is 66.0 Å². The lowest BCUT2D eigenvalue weighted by atomic mass is 9.97. The fourth-order valence-electron chi connectivity index (χ4n) is 4.54. The molecule has 2 aliphatic rings.